The predicted octanol–water partition coefficient (Wildman–Crippen LogP) is -0.204. The van der Waals surface area contributed by atoms with E-state index < -0.39 is 0 Å². The molecule has 76 valence electrons. The Kier molecular flexibility index (Phi) is 2.25. The topological polar surface area (TPSA) is 75.3 Å². The van der Waals surface area contributed by atoms with E-state index in [0.717, 1.165) is 24.6 Å². The maximum Gasteiger partial charge on any atom is 0.222 e. The van der Waals surface area contributed by atoms with Crippen molar-refractivity contribution in [2.45, 2.75) is 6.92 Å². The van der Waals surface area contributed by atoms with Crippen LogP contribution < -0.4 is 10.6 Å². The summed E-state index contributed by atoms with van der Waals surface area (Å²) in [6.07, 6.45) is 0. The fourth-order valence-electron chi connectivity index (χ4n) is 1.61. The van der Waals surface area contributed by atoms with Crippen molar-refractivity contribution in [1.29, 1.82) is 0 Å². The van der Waals surface area contributed by atoms with Crippen LogP contribution in [0.3, 0.4) is 0 Å². The second-order valence-electron chi connectivity index (χ2n) is 3.68. The van der Waals surface area contributed by atoms with Crippen LogP contribution in [0.1, 0.15) is 5.69 Å². The van der Waals surface area contributed by atoms with Crippen molar-refractivity contribution in [1.82, 2.24) is 9.97 Å². The Labute approximate surface area is 82.6 Å². The van der Waals surface area contributed by atoms with Crippen molar-refractivity contribution < 1.29 is 5.11 Å². The number of nitrogens with zero attached hydrogens (tertiary/aromatic N) is 3. The van der Waals surface area contributed by atoms with E-state index in [1.807, 2.05) is 13.0 Å². The lowest BCUT2D eigenvalue weighted by Gasteiger charge is -2.39. The van der Waals surface area contributed by atoms with Gasteiger partial charge in [0.05, 0.1) is 0 Å². The Morgan fingerprint density at radius 1 is 1.57 bits per heavy atom. The van der Waals surface area contributed by atoms with Crippen LogP contribution in [0.15, 0.2) is 6.07 Å². The van der Waals surface area contributed by atoms with Crippen LogP contribution in [-0.4, -0.2) is 34.8 Å². The Morgan fingerprint density at radius 2 is 2.29 bits per heavy atom. The maximum absolute atomic E-state index is 8.88. The minimum Gasteiger partial charge on any atom is -0.396 e. The van der Waals surface area contributed by atoms with Gasteiger partial charge < -0.3 is 15.7 Å². The molecule has 2 heterocycles. The van der Waals surface area contributed by atoms with Crippen molar-refractivity contribution in [2.24, 2.45) is 5.92 Å². The summed E-state index contributed by atoms with van der Waals surface area (Å²) in [5.74, 6) is 1.55. The molecule has 0 amide bonds. The third kappa shape index (κ3) is 1.63. The lowest BCUT2D eigenvalue weighted by atomic mass is 10.0. The highest BCUT2D eigenvalue weighted by Crippen LogP contribution is 2.23. The second kappa shape index (κ2) is 3.42. The molecule has 0 aromatic carbocycles. The Bertz CT molecular complexity index is 315. The Hall–Kier alpha value is -1.36. The summed E-state index contributed by atoms with van der Waals surface area (Å²) in [5, 5.41) is 8.88. The van der Waals surface area contributed by atoms with Crippen molar-refractivity contribution in [2.75, 3.05) is 30.3 Å². The van der Waals surface area contributed by atoms with E-state index in [9.17, 15) is 0 Å². The summed E-state index contributed by atoms with van der Waals surface area (Å²) in [7, 11) is 0. The standard InChI is InChI=1S/C9H14N4O/c1-6-2-8(12-9(10)11-6)13-3-7(4-13)5-14/h2,7,14H,3-5H2,1H3,(H2,10,11,12). The highest BCUT2D eigenvalue weighted by molar-refractivity contribution is 5.45. The van der Waals surface area contributed by atoms with Crippen molar-refractivity contribution >= 4 is 11.8 Å². The van der Waals surface area contributed by atoms with E-state index in [1.165, 1.54) is 0 Å². The second-order valence-corrected chi connectivity index (χ2v) is 3.68. The molecule has 1 aromatic heterocycles. The maximum atomic E-state index is 8.88. The predicted molar refractivity (Wildman–Crippen MR) is 54.0 cm³/mol. The summed E-state index contributed by atoms with van der Waals surface area (Å²) in [4.78, 5) is 10.2. The summed E-state index contributed by atoms with van der Waals surface area (Å²) in [6, 6.07) is 1.91. The lowest BCUT2D eigenvalue weighted by molar-refractivity contribution is 0.200. The number of aliphatic hydroxyl groups is 1. The molecule has 0 spiro atoms. The average Bonchev–Trinajstić information content (AvgIpc) is 2.00. The monoisotopic (exact) mass is 194 g/mol. The van der Waals surface area contributed by atoms with Crippen LogP contribution in [0.5, 0.6) is 0 Å². The van der Waals surface area contributed by atoms with Crippen LogP contribution in [0, 0.1) is 12.8 Å². The normalized spacial score (nSPS) is 16.9. The molecule has 3 N–H and O–H groups in total. The fourth-order valence-corrected chi connectivity index (χ4v) is 1.61. The van der Waals surface area contributed by atoms with E-state index >= 15 is 0 Å². The van der Waals surface area contributed by atoms with Gasteiger partial charge in [0.1, 0.15) is 5.82 Å². The third-order valence-electron chi connectivity index (χ3n) is 2.40. The molecule has 0 radical (unpaired) electrons. The van der Waals surface area contributed by atoms with Crippen LogP contribution in [0.2, 0.25) is 0 Å². The Balaban J connectivity index is 2.10. The first-order valence-electron chi connectivity index (χ1n) is 4.66. The zero-order valence-electron chi connectivity index (χ0n) is 8.14. The molecule has 1 fully saturated rings. The highest BCUT2D eigenvalue weighted by atomic mass is 16.3. The largest absolute Gasteiger partial charge is 0.396 e. The van der Waals surface area contributed by atoms with Gasteiger partial charge in [0.15, 0.2) is 0 Å². The van der Waals surface area contributed by atoms with E-state index in [-0.39, 0.29) is 6.61 Å². The van der Waals surface area contributed by atoms with E-state index in [1.54, 1.807) is 0 Å². The molecule has 0 atom stereocenters. The third-order valence-corrected chi connectivity index (χ3v) is 2.40. The first-order chi connectivity index (χ1) is 6.69. The SMILES string of the molecule is Cc1cc(N2CC(CO)C2)nc(N)n1. The Morgan fingerprint density at radius 3 is 2.86 bits per heavy atom. The van der Waals surface area contributed by atoms with Crippen LogP contribution in [0.25, 0.3) is 0 Å². The molecule has 5 nitrogen and oxygen atoms in total. The number of hydrogen-bond acceptors (Lipinski definition) is 5. The number of nitrogen functional groups attached to an aromatic ring is 1. The molecule has 0 unspecified atom stereocenters. The number of nitrogens with two attached hydrogens (primary N) is 1. The quantitative estimate of drug-likeness (QED) is 0.681. The number of hydrogen-bond donors (Lipinski definition) is 2. The van der Waals surface area contributed by atoms with Crippen LogP contribution in [0.4, 0.5) is 11.8 Å². The van der Waals surface area contributed by atoms with Gasteiger partial charge in [-0.1, -0.05) is 0 Å². The molecule has 1 aromatic rings. The van der Waals surface area contributed by atoms with Crippen molar-refractivity contribution in [3.05, 3.63) is 11.8 Å². The molecule has 0 saturated carbocycles. The molecular weight excluding hydrogens is 180 g/mol. The molecule has 2 rings (SSSR count). The highest BCUT2D eigenvalue weighted by Gasteiger charge is 2.27. The van der Waals surface area contributed by atoms with Gasteiger partial charge >= 0.3 is 0 Å². The van der Waals surface area contributed by atoms with Crippen molar-refractivity contribution in [3.63, 3.8) is 0 Å². The van der Waals surface area contributed by atoms with Crippen LogP contribution in [-0.2, 0) is 0 Å². The number of anilines is 2. The molecule has 1 saturated heterocycles. The summed E-state index contributed by atoms with van der Waals surface area (Å²) in [6.45, 7) is 3.85. The summed E-state index contributed by atoms with van der Waals surface area (Å²) in [5.41, 5.74) is 6.42. The van der Waals surface area contributed by atoms with Gasteiger partial charge in [-0.25, -0.2) is 4.98 Å². The van der Waals surface area contributed by atoms with Gasteiger partial charge in [0.25, 0.3) is 0 Å². The van der Waals surface area contributed by atoms with E-state index in [0.29, 0.717) is 11.9 Å². The number of aromatic nitrogens is 2. The number of aliphatic hydroxyl groups excluding tert-OH is 1. The van der Waals surface area contributed by atoms with Gasteiger partial charge in [-0.3, -0.25) is 0 Å². The minimum absolute atomic E-state index is 0.246. The van der Waals surface area contributed by atoms with Gasteiger partial charge in [-0.05, 0) is 6.92 Å². The van der Waals surface area contributed by atoms with E-state index in [4.69, 9.17) is 10.8 Å². The van der Waals surface area contributed by atoms with Gasteiger partial charge in [-0.2, -0.15) is 4.98 Å². The number of rotatable bonds is 2. The molecule has 0 bridgehead atoms. The molecule has 14 heavy (non-hydrogen) atoms. The molecule has 1 aliphatic rings. The minimum atomic E-state index is 0.246. The molecule has 5 heteroatoms. The number of aryl methyl sites for hydroxylation is 1. The van der Waals surface area contributed by atoms with Gasteiger partial charge in [-0.15, -0.1) is 0 Å². The zero-order chi connectivity index (χ0) is 10.1. The lowest BCUT2D eigenvalue weighted by Crippen LogP contribution is -2.48. The smallest absolute Gasteiger partial charge is 0.222 e. The average molecular weight is 194 g/mol. The summed E-state index contributed by atoms with van der Waals surface area (Å²) < 4.78 is 0. The zero-order valence-corrected chi connectivity index (χ0v) is 8.14. The first-order valence-corrected chi connectivity index (χ1v) is 4.66. The fraction of sp³-hybridized carbons (Fsp3) is 0.556. The van der Waals surface area contributed by atoms with Gasteiger partial charge in [0, 0.05) is 37.4 Å². The molecular formula is C9H14N4O. The first kappa shape index (κ1) is 9.21. The van der Waals surface area contributed by atoms with E-state index in [2.05, 4.69) is 14.9 Å². The van der Waals surface area contributed by atoms with Gasteiger partial charge in [0.2, 0.25) is 5.95 Å². The van der Waals surface area contributed by atoms with Crippen LogP contribution >= 0.6 is 0 Å². The molecule has 1 aliphatic heterocycles. The van der Waals surface area contributed by atoms with Crippen molar-refractivity contribution in [3.8, 4) is 0 Å². The molecule has 0 aliphatic carbocycles. The summed E-state index contributed by atoms with van der Waals surface area (Å²) >= 11 is 0.